The van der Waals surface area contributed by atoms with E-state index in [1.807, 2.05) is 6.07 Å². The van der Waals surface area contributed by atoms with Gasteiger partial charge in [0.2, 0.25) is 5.76 Å². The molecule has 1 heterocycles. The molecular formula is C17H14N2O4. The summed E-state index contributed by atoms with van der Waals surface area (Å²) in [5.74, 6) is -0.643. The summed E-state index contributed by atoms with van der Waals surface area (Å²) >= 11 is 0. The van der Waals surface area contributed by atoms with E-state index in [0.717, 1.165) is 0 Å². The van der Waals surface area contributed by atoms with E-state index in [2.05, 4.69) is 5.32 Å². The average molecular weight is 310 g/mol. The second-order valence-electron chi connectivity index (χ2n) is 4.85. The van der Waals surface area contributed by atoms with Crippen molar-refractivity contribution in [2.24, 2.45) is 5.73 Å². The van der Waals surface area contributed by atoms with Crippen molar-refractivity contribution < 1.29 is 18.7 Å². The van der Waals surface area contributed by atoms with Gasteiger partial charge in [-0.15, -0.1) is 0 Å². The first-order valence-electron chi connectivity index (χ1n) is 6.87. The number of methoxy groups -OCH3 is 1. The highest BCUT2D eigenvalue weighted by Gasteiger charge is 2.21. The number of carbonyl (C=O) groups is 2. The molecule has 1 aromatic heterocycles. The van der Waals surface area contributed by atoms with Crippen LogP contribution in [-0.4, -0.2) is 18.9 Å². The summed E-state index contributed by atoms with van der Waals surface area (Å²) in [5.41, 5.74) is 6.47. The molecule has 6 heteroatoms. The molecule has 0 saturated heterocycles. The number of ether oxygens (including phenoxy) is 1. The molecule has 0 aliphatic heterocycles. The summed E-state index contributed by atoms with van der Waals surface area (Å²) in [6.07, 6.45) is 0. The first-order valence-corrected chi connectivity index (χ1v) is 6.87. The number of fused-ring (bicyclic) bond motifs is 1. The molecule has 0 unspecified atom stereocenters. The van der Waals surface area contributed by atoms with Crippen LogP contribution in [-0.2, 0) is 0 Å². The van der Waals surface area contributed by atoms with E-state index >= 15 is 0 Å². The Morgan fingerprint density at radius 3 is 2.52 bits per heavy atom. The second-order valence-corrected chi connectivity index (χ2v) is 4.85. The molecule has 0 bridgehead atoms. The third-order valence-corrected chi connectivity index (χ3v) is 3.40. The molecule has 0 aliphatic carbocycles. The Balaban J connectivity index is 2.06. The molecule has 6 nitrogen and oxygen atoms in total. The van der Waals surface area contributed by atoms with Gasteiger partial charge in [0, 0.05) is 17.0 Å². The Labute approximate surface area is 131 Å². The van der Waals surface area contributed by atoms with Gasteiger partial charge in [0.05, 0.1) is 7.11 Å². The highest BCUT2D eigenvalue weighted by Crippen LogP contribution is 2.33. The molecule has 0 fully saturated rings. The molecule has 3 aromatic rings. The predicted octanol–water partition coefficient (Wildman–Crippen LogP) is 2.79. The van der Waals surface area contributed by atoms with E-state index in [0.29, 0.717) is 22.3 Å². The lowest BCUT2D eigenvalue weighted by atomic mass is 10.1. The van der Waals surface area contributed by atoms with E-state index in [1.54, 1.807) is 42.5 Å². The molecule has 0 atom stereocenters. The van der Waals surface area contributed by atoms with Crippen LogP contribution >= 0.6 is 0 Å². The molecule has 0 radical (unpaired) electrons. The van der Waals surface area contributed by atoms with Crippen LogP contribution in [0.3, 0.4) is 0 Å². The predicted molar refractivity (Wildman–Crippen MR) is 85.7 cm³/mol. The van der Waals surface area contributed by atoms with Crippen molar-refractivity contribution in [1.82, 2.24) is 0 Å². The Morgan fingerprint density at radius 1 is 1.13 bits per heavy atom. The molecule has 0 saturated carbocycles. The number of amides is 2. The van der Waals surface area contributed by atoms with E-state index in [9.17, 15) is 9.59 Å². The zero-order chi connectivity index (χ0) is 16.4. The minimum atomic E-state index is -0.761. The number of anilines is 1. The molecule has 0 spiro atoms. The third kappa shape index (κ3) is 2.74. The Bertz CT molecular complexity index is 884. The van der Waals surface area contributed by atoms with Crippen LogP contribution in [0.25, 0.3) is 11.0 Å². The molecule has 3 rings (SSSR count). The van der Waals surface area contributed by atoms with Gasteiger partial charge < -0.3 is 20.2 Å². The van der Waals surface area contributed by atoms with Crippen molar-refractivity contribution in [3.05, 3.63) is 59.9 Å². The standard InChI is InChI=1S/C17H14N2O4/c1-22-11-7-8-12-13(9-11)23-15(16(18)20)14(12)19-17(21)10-5-3-2-4-6-10/h2-9H,1H3,(H2,18,20)(H,19,21). The SMILES string of the molecule is COc1ccc2c(NC(=O)c3ccccc3)c(C(N)=O)oc2c1. The van der Waals surface area contributed by atoms with Crippen molar-refractivity contribution >= 4 is 28.5 Å². The Hall–Kier alpha value is -3.28. The number of nitrogens with one attached hydrogen (secondary N) is 1. The van der Waals surface area contributed by atoms with Crippen LogP contribution in [0.2, 0.25) is 0 Å². The van der Waals surface area contributed by atoms with Gasteiger partial charge in [0.15, 0.2) is 0 Å². The maximum atomic E-state index is 12.3. The lowest BCUT2D eigenvalue weighted by Crippen LogP contribution is -2.17. The normalized spacial score (nSPS) is 10.5. The number of hydrogen-bond acceptors (Lipinski definition) is 4. The summed E-state index contributed by atoms with van der Waals surface area (Å²) in [6, 6.07) is 13.7. The highest BCUT2D eigenvalue weighted by atomic mass is 16.5. The maximum absolute atomic E-state index is 12.3. The van der Waals surface area contributed by atoms with Gasteiger partial charge in [-0.25, -0.2) is 0 Å². The van der Waals surface area contributed by atoms with Gasteiger partial charge in [-0.3, -0.25) is 9.59 Å². The van der Waals surface area contributed by atoms with E-state index < -0.39 is 5.91 Å². The number of rotatable bonds is 4. The lowest BCUT2D eigenvalue weighted by molar-refractivity contribution is 0.0977. The lowest BCUT2D eigenvalue weighted by Gasteiger charge is -2.05. The fourth-order valence-electron chi connectivity index (χ4n) is 2.28. The van der Waals surface area contributed by atoms with Gasteiger partial charge in [-0.2, -0.15) is 0 Å². The van der Waals surface area contributed by atoms with Crippen LogP contribution in [0.5, 0.6) is 5.75 Å². The van der Waals surface area contributed by atoms with Crippen molar-refractivity contribution in [2.75, 3.05) is 12.4 Å². The summed E-state index contributed by atoms with van der Waals surface area (Å²) in [5, 5.41) is 3.27. The largest absolute Gasteiger partial charge is 0.497 e. The van der Waals surface area contributed by atoms with Gasteiger partial charge in [-0.05, 0) is 24.3 Å². The van der Waals surface area contributed by atoms with Crippen LogP contribution in [0, 0.1) is 0 Å². The van der Waals surface area contributed by atoms with E-state index in [4.69, 9.17) is 14.9 Å². The average Bonchev–Trinajstić information content (AvgIpc) is 2.93. The summed E-state index contributed by atoms with van der Waals surface area (Å²) < 4.78 is 10.6. The van der Waals surface area contributed by atoms with Crippen molar-refractivity contribution in [2.45, 2.75) is 0 Å². The monoisotopic (exact) mass is 310 g/mol. The highest BCUT2D eigenvalue weighted by molar-refractivity contribution is 6.14. The zero-order valence-corrected chi connectivity index (χ0v) is 12.3. The van der Waals surface area contributed by atoms with Crippen LogP contribution in [0.1, 0.15) is 20.9 Å². The molecular weight excluding hydrogens is 296 g/mol. The minimum Gasteiger partial charge on any atom is -0.497 e. The first kappa shape index (κ1) is 14.6. The molecule has 3 N–H and O–H groups in total. The van der Waals surface area contributed by atoms with Gasteiger partial charge >= 0.3 is 0 Å². The second kappa shape index (κ2) is 5.84. The number of nitrogens with two attached hydrogens (primary N) is 1. The molecule has 0 aliphatic rings. The number of benzene rings is 2. The van der Waals surface area contributed by atoms with Crippen LogP contribution in [0.15, 0.2) is 52.9 Å². The van der Waals surface area contributed by atoms with E-state index in [1.165, 1.54) is 7.11 Å². The number of primary amides is 1. The van der Waals surface area contributed by atoms with Crippen molar-refractivity contribution in [1.29, 1.82) is 0 Å². The Morgan fingerprint density at radius 2 is 1.87 bits per heavy atom. The third-order valence-electron chi connectivity index (χ3n) is 3.40. The smallest absolute Gasteiger partial charge is 0.286 e. The van der Waals surface area contributed by atoms with Gasteiger partial charge in [0.25, 0.3) is 11.8 Å². The van der Waals surface area contributed by atoms with Gasteiger partial charge in [-0.1, -0.05) is 18.2 Å². The molecule has 2 aromatic carbocycles. The molecule has 2 amide bonds. The van der Waals surface area contributed by atoms with Crippen LogP contribution < -0.4 is 15.8 Å². The van der Waals surface area contributed by atoms with Gasteiger partial charge in [0.1, 0.15) is 17.0 Å². The zero-order valence-electron chi connectivity index (χ0n) is 12.3. The maximum Gasteiger partial charge on any atom is 0.286 e. The van der Waals surface area contributed by atoms with Crippen LogP contribution in [0.4, 0.5) is 5.69 Å². The van der Waals surface area contributed by atoms with Crippen molar-refractivity contribution in [3.63, 3.8) is 0 Å². The molecule has 116 valence electrons. The first-order chi connectivity index (χ1) is 11.1. The number of hydrogen-bond donors (Lipinski definition) is 2. The summed E-state index contributed by atoms with van der Waals surface area (Å²) in [6.45, 7) is 0. The summed E-state index contributed by atoms with van der Waals surface area (Å²) in [7, 11) is 1.52. The fourth-order valence-corrected chi connectivity index (χ4v) is 2.28. The topological polar surface area (TPSA) is 94.6 Å². The quantitative estimate of drug-likeness (QED) is 0.774. The number of furan rings is 1. The fraction of sp³-hybridized carbons (Fsp3) is 0.0588. The number of carbonyl (C=O) groups excluding carboxylic acids is 2. The molecule has 23 heavy (non-hydrogen) atoms. The summed E-state index contributed by atoms with van der Waals surface area (Å²) in [4.78, 5) is 23.9. The minimum absolute atomic E-state index is 0.0995. The Kier molecular flexibility index (Phi) is 3.72. The van der Waals surface area contributed by atoms with Crippen molar-refractivity contribution in [3.8, 4) is 5.75 Å². The van der Waals surface area contributed by atoms with E-state index in [-0.39, 0.29) is 17.4 Å².